The van der Waals surface area contributed by atoms with Crippen molar-refractivity contribution >= 4 is 19.3 Å². The Kier molecular flexibility index (Phi) is 7.76. The van der Waals surface area contributed by atoms with E-state index in [9.17, 15) is 0 Å². The first-order chi connectivity index (χ1) is 3.91. The fraction of sp³-hybridized carbons (Fsp3) is 1.00. The summed E-state index contributed by atoms with van der Waals surface area (Å²) in [5.41, 5.74) is 0. The van der Waals surface area contributed by atoms with Gasteiger partial charge in [0.15, 0.2) is 9.76 Å². The molecule has 1 nitrogen and oxygen atoms in total. The van der Waals surface area contributed by atoms with E-state index >= 15 is 0 Å². The summed E-state index contributed by atoms with van der Waals surface area (Å²) in [6, 6.07) is 2.93. The zero-order valence-corrected chi connectivity index (χ0v) is 8.77. The maximum atomic E-state index is 5.30. The van der Waals surface area contributed by atoms with Gasteiger partial charge < -0.3 is 4.43 Å². The molecule has 0 radical (unpaired) electrons. The SMILES string of the molecule is CCO[SiH2]CC[SiH2]C. The maximum absolute atomic E-state index is 5.30. The monoisotopic (exact) mass is 148 g/mol. The van der Waals surface area contributed by atoms with Crippen molar-refractivity contribution in [1.82, 2.24) is 0 Å². The van der Waals surface area contributed by atoms with Gasteiger partial charge in [-0.3, -0.25) is 0 Å². The third-order valence-electron chi connectivity index (χ3n) is 1.10. The Morgan fingerprint density at radius 1 is 1.38 bits per heavy atom. The summed E-state index contributed by atoms with van der Waals surface area (Å²) in [5, 5.41) is 0. The minimum atomic E-state index is -0.0650. The fourth-order valence-corrected chi connectivity index (χ4v) is 3.91. The first-order valence-corrected chi connectivity index (χ1v) is 7.48. The van der Waals surface area contributed by atoms with Crippen molar-refractivity contribution in [2.24, 2.45) is 0 Å². The highest BCUT2D eigenvalue weighted by Gasteiger charge is 1.84. The molecule has 0 saturated carbocycles. The quantitative estimate of drug-likeness (QED) is 0.399. The van der Waals surface area contributed by atoms with Crippen molar-refractivity contribution in [3.63, 3.8) is 0 Å². The standard InChI is InChI=1S/C5H16OSi2/c1-3-6-8-5-4-7-2/h3-5,7-8H2,1-2H3. The minimum Gasteiger partial charge on any atom is -0.424 e. The summed E-state index contributed by atoms with van der Waals surface area (Å²) in [6.07, 6.45) is 0. The van der Waals surface area contributed by atoms with Crippen molar-refractivity contribution in [1.29, 1.82) is 0 Å². The fourth-order valence-electron chi connectivity index (χ4n) is 0.598. The zero-order valence-electron chi connectivity index (χ0n) is 5.94. The van der Waals surface area contributed by atoms with Crippen LogP contribution in [0.2, 0.25) is 18.6 Å². The molecule has 0 heterocycles. The van der Waals surface area contributed by atoms with Gasteiger partial charge in [0.2, 0.25) is 0 Å². The van der Waals surface area contributed by atoms with Crippen LogP contribution in [0.15, 0.2) is 0 Å². The second-order valence-electron chi connectivity index (χ2n) is 1.90. The van der Waals surface area contributed by atoms with Gasteiger partial charge in [0.1, 0.15) is 0 Å². The van der Waals surface area contributed by atoms with Gasteiger partial charge in [0.25, 0.3) is 0 Å². The van der Waals surface area contributed by atoms with Crippen LogP contribution >= 0.6 is 0 Å². The average molecular weight is 148 g/mol. The summed E-state index contributed by atoms with van der Waals surface area (Å²) in [6.45, 7) is 5.38. The number of rotatable bonds is 5. The van der Waals surface area contributed by atoms with E-state index in [1.165, 1.54) is 12.1 Å². The maximum Gasteiger partial charge on any atom is 0.161 e. The van der Waals surface area contributed by atoms with Gasteiger partial charge in [0, 0.05) is 16.1 Å². The summed E-state index contributed by atoms with van der Waals surface area (Å²) in [7, 11) is 0.276. The molecular formula is C5H16OSi2. The van der Waals surface area contributed by atoms with Crippen LogP contribution in [0.4, 0.5) is 0 Å². The average Bonchev–Trinajstić information content (AvgIpc) is 1.81. The first kappa shape index (κ1) is 8.39. The Labute approximate surface area is 56.6 Å². The molecule has 0 aliphatic carbocycles. The van der Waals surface area contributed by atoms with Crippen molar-refractivity contribution < 1.29 is 4.43 Å². The highest BCUT2D eigenvalue weighted by Crippen LogP contribution is 1.87. The van der Waals surface area contributed by atoms with E-state index in [0.717, 1.165) is 6.61 Å². The van der Waals surface area contributed by atoms with E-state index in [4.69, 9.17) is 4.43 Å². The van der Waals surface area contributed by atoms with Crippen LogP contribution in [0.3, 0.4) is 0 Å². The molecule has 0 fully saturated rings. The van der Waals surface area contributed by atoms with Gasteiger partial charge in [0.05, 0.1) is 0 Å². The second kappa shape index (κ2) is 7.39. The smallest absolute Gasteiger partial charge is 0.161 e. The highest BCUT2D eigenvalue weighted by atomic mass is 28.2. The Bertz CT molecular complexity index is 35.4. The van der Waals surface area contributed by atoms with Crippen molar-refractivity contribution in [3.8, 4) is 0 Å². The predicted octanol–water partition coefficient (Wildman–Crippen LogP) is 0.160. The van der Waals surface area contributed by atoms with E-state index in [-0.39, 0.29) is 9.76 Å². The lowest BCUT2D eigenvalue weighted by atomic mass is 10.9. The van der Waals surface area contributed by atoms with E-state index in [1.54, 1.807) is 0 Å². The molecule has 0 spiro atoms. The molecule has 0 saturated heterocycles. The van der Waals surface area contributed by atoms with Gasteiger partial charge in [-0.25, -0.2) is 0 Å². The van der Waals surface area contributed by atoms with Crippen LogP contribution in [0.1, 0.15) is 6.92 Å². The lowest BCUT2D eigenvalue weighted by molar-refractivity contribution is 0.361. The molecule has 0 aromatic rings. The third-order valence-corrected chi connectivity index (χ3v) is 4.79. The van der Waals surface area contributed by atoms with E-state index in [1.807, 2.05) is 0 Å². The Morgan fingerprint density at radius 2 is 2.12 bits per heavy atom. The Balaban J connectivity index is 2.53. The largest absolute Gasteiger partial charge is 0.424 e. The molecule has 0 unspecified atom stereocenters. The molecule has 0 rings (SSSR count). The van der Waals surface area contributed by atoms with Crippen LogP contribution < -0.4 is 0 Å². The van der Waals surface area contributed by atoms with E-state index < -0.39 is 0 Å². The van der Waals surface area contributed by atoms with Crippen LogP contribution in [0, 0.1) is 0 Å². The number of hydrogen-bond donors (Lipinski definition) is 0. The van der Waals surface area contributed by atoms with Gasteiger partial charge in [-0.15, -0.1) is 0 Å². The Morgan fingerprint density at radius 3 is 2.62 bits per heavy atom. The summed E-state index contributed by atoms with van der Waals surface area (Å²) in [4.78, 5) is 0. The molecule has 0 aromatic heterocycles. The molecule has 0 aliphatic rings. The normalized spacial score (nSPS) is 12.8. The lowest BCUT2D eigenvalue weighted by Gasteiger charge is -1.95. The molecule has 0 aromatic carbocycles. The predicted molar refractivity (Wildman–Crippen MR) is 44.2 cm³/mol. The second-order valence-corrected chi connectivity index (χ2v) is 5.13. The summed E-state index contributed by atoms with van der Waals surface area (Å²) in [5.74, 6) is 0. The molecular weight excluding hydrogens is 132 g/mol. The van der Waals surface area contributed by atoms with Crippen LogP contribution in [0.25, 0.3) is 0 Å². The van der Waals surface area contributed by atoms with E-state index in [2.05, 4.69) is 13.5 Å². The minimum absolute atomic E-state index is 0.0650. The Hall–Kier alpha value is 0.394. The molecule has 0 amide bonds. The van der Waals surface area contributed by atoms with Crippen molar-refractivity contribution in [2.45, 2.75) is 25.6 Å². The topological polar surface area (TPSA) is 9.23 Å². The van der Waals surface area contributed by atoms with E-state index in [0.29, 0.717) is 9.52 Å². The summed E-state index contributed by atoms with van der Waals surface area (Å²) < 4.78 is 5.30. The molecule has 0 atom stereocenters. The summed E-state index contributed by atoms with van der Waals surface area (Å²) >= 11 is 0. The molecule has 0 aliphatic heterocycles. The van der Waals surface area contributed by atoms with Crippen molar-refractivity contribution in [2.75, 3.05) is 6.61 Å². The van der Waals surface area contributed by atoms with Gasteiger partial charge in [-0.05, 0) is 13.0 Å². The van der Waals surface area contributed by atoms with Crippen LogP contribution in [-0.2, 0) is 4.43 Å². The van der Waals surface area contributed by atoms with Gasteiger partial charge in [-0.1, -0.05) is 12.6 Å². The zero-order chi connectivity index (χ0) is 6.24. The van der Waals surface area contributed by atoms with Gasteiger partial charge >= 0.3 is 0 Å². The molecule has 8 heavy (non-hydrogen) atoms. The van der Waals surface area contributed by atoms with Crippen LogP contribution in [-0.4, -0.2) is 25.9 Å². The number of hydrogen-bond acceptors (Lipinski definition) is 1. The molecule has 0 bridgehead atoms. The van der Waals surface area contributed by atoms with Crippen molar-refractivity contribution in [3.05, 3.63) is 0 Å². The lowest BCUT2D eigenvalue weighted by Crippen LogP contribution is -1.97. The van der Waals surface area contributed by atoms with Gasteiger partial charge in [-0.2, -0.15) is 0 Å². The highest BCUT2D eigenvalue weighted by molar-refractivity contribution is 6.37. The molecule has 0 N–H and O–H groups in total. The molecule has 3 heteroatoms. The first-order valence-electron chi connectivity index (χ1n) is 3.49. The van der Waals surface area contributed by atoms with Crippen LogP contribution in [0.5, 0.6) is 0 Å². The third kappa shape index (κ3) is 6.39. The molecule has 50 valence electrons.